The Morgan fingerprint density at radius 1 is 1.05 bits per heavy atom. The predicted molar refractivity (Wildman–Crippen MR) is 83.6 cm³/mol. The van der Waals surface area contributed by atoms with E-state index in [2.05, 4.69) is 33.0 Å². The molecule has 0 heterocycles. The van der Waals surface area contributed by atoms with Crippen molar-refractivity contribution < 1.29 is 4.74 Å². The van der Waals surface area contributed by atoms with E-state index in [1.807, 2.05) is 0 Å². The van der Waals surface area contributed by atoms with Gasteiger partial charge in [-0.15, -0.1) is 0 Å². The van der Waals surface area contributed by atoms with Gasteiger partial charge < -0.3 is 10.1 Å². The van der Waals surface area contributed by atoms with Crippen LogP contribution >= 0.6 is 0 Å². The van der Waals surface area contributed by atoms with Gasteiger partial charge in [0.15, 0.2) is 0 Å². The van der Waals surface area contributed by atoms with Crippen LogP contribution in [-0.4, -0.2) is 24.3 Å². The molecule has 1 N–H and O–H groups in total. The number of nitrogens with one attached hydrogen (secondary N) is 1. The second-order valence-corrected chi connectivity index (χ2v) is 6.70. The molecule has 0 spiro atoms. The van der Waals surface area contributed by atoms with Gasteiger partial charge in [-0.25, -0.2) is 0 Å². The fourth-order valence-corrected chi connectivity index (χ4v) is 3.09. The van der Waals surface area contributed by atoms with Crippen LogP contribution in [0.5, 0.6) is 0 Å². The number of hydrogen-bond acceptors (Lipinski definition) is 2. The molecule has 0 aromatic heterocycles. The molecular formula is C17H35NO. The van der Waals surface area contributed by atoms with Gasteiger partial charge in [-0.05, 0) is 26.2 Å². The summed E-state index contributed by atoms with van der Waals surface area (Å²) < 4.78 is 6.47. The number of ether oxygens (including phenoxy) is 1. The van der Waals surface area contributed by atoms with Crippen LogP contribution in [0.25, 0.3) is 0 Å². The molecule has 0 saturated heterocycles. The third kappa shape index (κ3) is 6.76. The van der Waals surface area contributed by atoms with Crippen LogP contribution in [0.15, 0.2) is 0 Å². The molecule has 2 nitrogen and oxygen atoms in total. The van der Waals surface area contributed by atoms with Crippen molar-refractivity contribution in [3.05, 3.63) is 0 Å². The van der Waals surface area contributed by atoms with E-state index in [0.29, 0.717) is 12.1 Å². The van der Waals surface area contributed by atoms with E-state index in [9.17, 15) is 0 Å². The zero-order chi connectivity index (χ0) is 14.1. The van der Waals surface area contributed by atoms with Gasteiger partial charge in [0.1, 0.15) is 0 Å². The highest BCUT2D eigenvalue weighted by atomic mass is 16.5. The summed E-state index contributed by atoms with van der Waals surface area (Å²) in [4.78, 5) is 0. The number of unbranched alkanes of at least 4 members (excludes halogenated alkanes) is 3. The first kappa shape index (κ1) is 17.0. The minimum absolute atomic E-state index is 0.133. The molecule has 1 aliphatic carbocycles. The Balaban J connectivity index is 2.31. The average molecular weight is 269 g/mol. The first-order valence-corrected chi connectivity index (χ1v) is 8.49. The lowest BCUT2D eigenvalue weighted by molar-refractivity contribution is -0.0853. The summed E-state index contributed by atoms with van der Waals surface area (Å²) in [5.74, 6) is 0. The smallest absolute Gasteiger partial charge is 0.0810 e. The monoisotopic (exact) mass is 269 g/mol. The van der Waals surface area contributed by atoms with E-state index in [4.69, 9.17) is 4.74 Å². The Labute approximate surface area is 120 Å². The molecule has 0 aromatic carbocycles. The van der Waals surface area contributed by atoms with Gasteiger partial charge in [0, 0.05) is 12.6 Å². The first-order valence-electron chi connectivity index (χ1n) is 8.49. The first-order chi connectivity index (χ1) is 9.08. The fraction of sp³-hybridized carbons (Fsp3) is 1.00. The molecule has 1 saturated carbocycles. The van der Waals surface area contributed by atoms with E-state index in [-0.39, 0.29) is 5.60 Å². The number of hydrogen-bond donors (Lipinski definition) is 1. The quantitative estimate of drug-likeness (QED) is 0.582. The molecule has 1 unspecified atom stereocenters. The summed E-state index contributed by atoms with van der Waals surface area (Å²) in [5.41, 5.74) is 0.133. The molecule has 19 heavy (non-hydrogen) atoms. The highest BCUT2D eigenvalue weighted by Gasteiger charge is 2.35. The van der Waals surface area contributed by atoms with Gasteiger partial charge in [0.05, 0.1) is 11.7 Å². The maximum absolute atomic E-state index is 6.47. The fourth-order valence-electron chi connectivity index (χ4n) is 3.09. The third-order valence-corrected chi connectivity index (χ3v) is 4.26. The van der Waals surface area contributed by atoms with Gasteiger partial charge in [0.2, 0.25) is 0 Å². The second kappa shape index (κ2) is 8.97. The van der Waals surface area contributed by atoms with Crippen molar-refractivity contribution in [2.24, 2.45) is 0 Å². The summed E-state index contributed by atoms with van der Waals surface area (Å²) >= 11 is 0. The molecule has 1 rings (SSSR count). The molecule has 114 valence electrons. The minimum Gasteiger partial charge on any atom is -0.371 e. The van der Waals surface area contributed by atoms with Crippen LogP contribution in [0.3, 0.4) is 0 Å². The van der Waals surface area contributed by atoms with E-state index >= 15 is 0 Å². The zero-order valence-corrected chi connectivity index (χ0v) is 13.6. The van der Waals surface area contributed by atoms with E-state index < -0.39 is 0 Å². The Morgan fingerprint density at radius 3 is 2.32 bits per heavy atom. The van der Waals surface area contributed by atoms with Crippen molar-refractivity contribution >= 4 is 0 Å². The van der Waals surface area contributed by atoms with Crippen molar-refractivity contribution in [2.75, 3.05) is 6.54 Å². The summed E-state index contributed by atoms with van der Waals surface area (Å²) in [7, 11) is 0. The summed E-state index contributed by atoms with van der Waals surface area (Å²) in [6.45, 7) is 10.0. The highest BCUT2D eigenvalue weighted by Crippen LogP contribution is 2.34. The zero-order valence-electron chi connectivity index (χ0n) is 13.6. The van der Waals surface area contributed by atoms with Crippen molar-refractivity contribution in [2.45, 2.75) is 103 Å². The summed E-state index contributed by atoms with van der Waals surface area (Å²) in [6, 6.07) is 0.556. The van der Waals surface area contributed by atoms with E-state index in [1.54, 1.807) is 0 Å². The van der Waals surface area contributed by atoms with Crippen LogP contribution in [-0.2, 0) is 4.74 Å². The van der Waals surface area contributed by atoms with E-state index in [0.717, 1.165) is 6.54 Å². The van der Waals surface area contributed by atoms with Gasteiger partial charge in [-0.1, -0.05) is 59.3 Å². The topological polar surface area (TPSA) is 21.3 Å². The number of rotatable bonds is 10. The lowest BCUT2D eigenvalue weighted by Gasteiger charge is -2.34. The molecule has 1 atom stereocenters. The molecular weight excluding hydrogens is 234 g/mol. The van der Waals surface area contributed by atoms with Crippen molar-refractivity contribution in [1.29, 1.82) is 0 Å². The molecule has 2 heteroatoms. The molecule has 0 bridgehead atoms. The molecule has 0 aromatic rings. The molecule has 0 aliphatic heterocycles. The third-order valence-electron chi connectivity index (χ3n) is 4.26. The molecule has 0 amide bonds. The van der Waals surface area contributed by atoms with Gasteiger partial charge in [-0.2, -0.15) is 0 Å². The Bertz CT molecular complexity index is 221. The Kier molecular flexibility index (Phi) is 8.01. The highest BCUT2D eigenvalue weighted by molar-refractivity contribution is 4.89. The lowest BCUT2D eigenvalue weighted by Crippen LogP contribution is -2.45. The second-order valence-electron chi connectivity index (χ2n) is 6.70. The average Bonchev–Trinajstić information content (AvgIpc) is 2.81. The van der Waals surface area contributed by atoms with Crippen molar-refractivity contribution in [3.8, 4) is 0 Å². The largest absolute Gasteiger partial charge is 0.371 e. The molecule has 1 fully saturated rings. The van der Waals surface area contributed by atoms with Gasteiger partial charge in [0.25, 0.3) is 0 Å². The van der Waals surface area contributed by atoms with Crippen molar-refractivity contribution in [1.82, 2.24) is 5.32 Å². The van der Waals surface area contributed by atoms with Crippen LogP contribution in [0.2, 0.25) is 0 Å². The standard InChI is InChI=1S/C17H35NO/c1-5-6-7-8-11-16(4)19-17(12-9-10-13-17)14-18-15(2)3/h15-16,18H,5-14H2,1-4H3. The maximum atomic E-state index is 6.47. The van der Waals surface area contributed by atoms with E-state index in [1.165, 1.54) is 57.8 Å². The Hall–Kier alpha value is -0.0800. The van der Waals surface area contributed by atoms with Crippen LogP contribution in [0, 0.1) is 0 Å². The maximum Gasteiger partial charge on any atom is 0.0810 e. The lowest BCUT2D eigenvalue weighted by atomic mass is 10.0. The minimum atomic E-state index is 0.133. The molecule has 0 radical (unpaired) electrons. The predicted octanol–water partition coefficient (Wildman–Crippen LogP) is 4.67. The van der Waals surface area contributed by atoms with Crippen molar-refractivity contribution in [3.63, 3.8) is 0 Å². The van der Waals surface area contributed by atoms with Gasteiger partial charge in [-0.3, -0.25) is 0 Å². The normalized spacial score (nSPS) is 20.1. The summed E-state index contributed by atoms with van der Waals surface area (Å²) in [6.07, 6.45) is 12.2. The molecule has 1 aliphatic rings. The SMILES string of the molecule is CCCCCCC(C)OC1(CNC(C)C)CCCC1. The van der Waals surface area contributed by atoms with Crippen LogP contribution < -0.4 is 5.32 Å². The Morgan fingerprint density at radius 2 is 1.74 bits per heavy atom. The van der Waals surface area contributed by atoms with Crippen LogP contribution in [0.4, 0.5) is 0 Å². The van der Waals surface area contributed by atoms with Gasteiger partial charge >= 0.3 is 0 Å². The summed E-state index contributed by atoms with van der Waals surface area (Å²) in [5, 5.41) is 3.59. The van der Waals surface area contributed by atoms with Crippen LogP contribution in [0.1, 0.15) is 85.5 Å².